The van der Waals surface area contributed by atoms with E-state index in [4.69, 9.17) is 5.26 Å². The van der Waals surface area contributed by atoms with Crippen LogP contribution < -0.4 is 25.4 Å². The fraction of sp³-hybridized carbons (Fsp3) is 0.440. The van der Waals surface area contributed by atoms with Crippen molar-refractivity contribution in [3.63, 3.8) is 0 Å². The second kappa shape index (κ2) is 12.3. The number of thiazole rings is 1. The minimum atomic E-state index is -0.667. The zero-order chi connectivity index (χ0) is 25.4. The highest BCUT2D eigenvalue weighted by atomic mass is 32.1. The van der Waals surface area contributed by atoms with Crippen LogP contribution in [0.25, 0.3) is 11.8 Å². The second-order valence-corrected chi connectivity index (χ2v) is 9.62. The molecule has 1 aliphatic heterocycles. The van der Waals surface area contributed by atoms with Crippen LogP contribution in [0.1, 0.15) is 18.9 Å². The first kappa shape index (κ1) is 26.2. The maximum absolute atomic E-state index is 12.9. The Labute approximate surface area is 209 Å². The molecule has 3 rings (SSSR count). The summed E-state index contributed by atoms with van der Waals surface area (Å²) in [5, 5.41) is 23.7. The summed E-state index contributed by atoms with van der Waals surface area (Å²) in [6, 6.07) is 12.4. The number of carbonyl (C=O) groups excluding carboxylic acids is 1. The average molecular weight is 494 g/mol. The van der Waals surface area contributed by atoms with Gasteiger partial charge in [-0.05, 0) is 58.1 Å². The first-order valence-corrected chi connectivity index (χ1v) is 12.4. The van der Waals surface area contributed by atoms with Gasteiger partial charge in [0, 0.05) is 37.6 Å². The molecule has 0 spiro atoms. The third-order valence-corrected chi connectivity index (χ3v) is 7.23. The van der Waals surface area contributed by atoms with Crippen LogP contribution in [0.5, 0.6) is 0 Å². The Morgan fingerprint density at radius 3 is 2.80 bits per heavy atom. The molecule has 10 heteroatoms. The van der Waals surface area contributed by atoms with Crippen molar-refractivity contribution >= 4 is 34.7 Å². The molecule has 1 aromatic heterocycles. The number of hydrogen-bond donors (Lipinski definition) is 2. The first-order chi connectivity index (χ1) is 16.9. The molecule has 2 heterocycles. The van der Waals surface area contributed by atoms with Gasteiger partial charge < -0.3 is 20.4 Å². The van der Waals surface area contributed by atoms with Gasteiger partial charge in [-0.2, -0.15) is 10.5 Å². The average Bonchev–Trinajstić information content (AvgIpc) is 3.45. The molecule has 0 aliphatic carbocycles. The van der Waals surface area contributed by atoms with Crippen LogP contribution in [-0.2, 0) is 17.8 Å². The van der Waals surface area contributed by atoms with Gasteiger partial charge in [0.15, 0.2) is 5.57 Å². The summed E-state index contributed by atoms with van der Waals surface area (Å²) in [7, 11) is 4.27. The van der Waals surface area contributed by atoms with E-state index < -0.39 is 5.91 Å². The van der Waals surface area contributed by atoms with Crippen molar-refractivity contribution in [1.29, 1.82) is 10.5 Å². The van der Waals surface area contributed by atoms with Gasteiger partial charge >= 0.3 is 0 Å². The monoisotopic (exact) mass is 493 g/mol. The Morgan fingerprint density at radius 1 is 1.34 bits per heavy atom. The van der Waals surface area contributed by atoms with Crippen LogP contribution in [-0.4, -0.2) is 66.6 Å². The van der Waals surface area contributed by atoms with Gasteiger partial charge in [-0.3, -0.25) is 14.2 Å². The van der Waals surface area contributed by atoms with Crippen LogP contribution in [0.3, 0.4) is 0 Å². The lowest BCUT2D eigenvalue weighted by Gasteiger charge is -2.20. The van der Waals surface area contributed by atoms with Crippen LogP contribution in [0, 0.1) is 22.7 Å². The molecule has 1 aromatic carbocycles. The van der Waals surface area contributed by atoms with Gasteiger partial charge in [-0.1, -0.05) is 12.1 Å². The SMILES string of the molecule is CCn1c(=O)/c(=C\Nc2cccc(CCN3CCC(N(C)C)C3)c2)s/c1=C(/C#N)C(=O)NCC#N. The fourth-order valence-electron chi connectivity index (χ4n) is 4.09. The molecular weight excluding hydrogens is 462 g/mol. The molecule has 0 saturated carbocycles. The Balaban J connectivity index is 1.78. The van der Waals surface area contributed by atoms with Crippen molar-refractivity contribution in [2.75, 3.05) is 45.6 Å². The largest absolute Gasteiger partial charge is 0.360 e. The van der Waals surface area contributed by atoms with Crippen molar-refractivity contribution in [2.45, 2.75) is 32.4 Å². The van der Waals surface area contributed by atoms with E-state index in [1.54, 1.807) is 13.1 Å². The molecular formula is C25H31N7O2S. The molecule has 184 valence electrons. The molecule has 2 N–H and O–H groups in total. The minimum absolute atomic E-state index is 0.177. The quantitative estimate of drug-likeness (QED) is 0.482. The molecule has 1 aliphatic rings. The summed E-state index contributed by atoms with van der Waals surface area (Å²) >= 11 is 1.08. The van der Waals surface area contributed by atoms with Crippen molar-refractivity contribution in [1.82, 2.24) is 19.7 Å². The molecule has 0 radical (unpaired) electrons. The summed E-state index contributed by atoms with van der Waals surface area (Å²) in [6.07, 6.45) is 3.76. The van der Waals surface area contributed by atoms with Crippen LogP contribution in [0.4, 0.5) is 5.69 Å². The van der Waals surface area contributed by atoms with Gasteiger partial charge in [0.1, 0.15) is 21.8 Å². The van der Waals surface area contributed by atoms with E-state index in [1.807, 2.05) is 24.3 Å². The predicted molar refractivity (Wildman–Crippen MR) is 138 cm³/mol. The third-order valence-electron chi connectivity index (χ3n) is 6.10. The number of carbonyl (C=O) groups is 1. The lowest BCUT2D eigenvalue weighted by molar-refractivity contribution is -0.115. The molecule has 1 amide bonds. The summed E-state index contributed by atoms with van der Waals surface area (Å²) in [5.41, 5.74) is 1.62. The van der Waals surface area contributed by atoms with Gasteiger partial charge in [0.05, 0.1) is 6.07 Å². The van der Waals surface area contributed by atoms with Crippen LogP contribution in [0.15, 0.2) is 29.1 Å². The Morgan fingerprint density at radius 2 is 2.14 bits per heavy atom. The standard InChI is InChI=1S/C25H31N7O2S/c1-4-32-24(34)22(35-25(32)21(15-27)23(33)28-11-10-26)16-29-19-7-5-6-18(14-19)8-12-31-13-9-20(17-31)30(2)3/h5-7,14,16,20,29H,4,8-9,11-13,17H2,1-3H3,(H,28,33)/b22-16+,25-21-. The number of likely N-dealkylation sites (N-methyl/N-ethyl adjacent to an activating group) is 1. The van der Waals surface area contributed by atoms with Gasteiger partial charge in [0.2, 0.25) is 0 Å². The van der Waals surface area contributed by atoms with E-state index in [0.717, 1.165) is 43.1 Å². The van der Waals surface area contributed by atoms with E-state index in [1.165, 1.54) is 16.6 Å². The number of likely N-dealkylation sites (tertiary alicyclic amines) is 1. The smallest absolute Gasteiger partial charge is 0.270 e. The van der Waals surface area contributed by atoms with Crippen molar-refractivity contribution < 1.29 is 4.79 Å². The van der Waals surface area contributed by atoms with Crippen LogP contribution >= 0.6 is 11.3 Å². The molecule has 35 heavy (non-hydrogen) atoms. The number of anilines is 1. The predicted octanol–water partition coefficient (Wildman–Crippen LogP) is 0.272. The maximum Gasteiger partial charge on any atom is 0.270 e. The molecule has 1 atom stereocenters. The Hall–Kier alpha value is -3.44. The summed E-state index contributed by atoms with van der Waals surface area (Å²) in [6.45, 7) is 5.11. The number of nitriles is 2. The zero-order valence-corrected chi connectivity index (χ0v) is 21.2. The van der Waals surface area contributed by atoms with Gasteiger partial charge in [-0.25, -0.2) is 0 Å². The third kappa shape index (κ3) is 6.58. The topological polar surface area (TPSA) is 117 Å². The van der Waals surface area contributed by atoms with E-state index >= 15 is 0 Å². The second-order valence-electron chi connectivity index (χ2n) is 8.59. The number of nitrogens with zero attached hydrogens (tertiary/aromatic N) is 5. The highest BCUT2D eigenvalue weighted by Gasteiger charge is 2.23. The Kier molecular flexibility index (Phi) is 9.21. The summed E-state index contributed by atoms with van der Waals surface area (Å²) < 4.78 is 2.06. The molecule has 9 nitrogen and oxygen atoms in total. The minimum Gasteiger partial charge on any atom is -0.360 e. The molecule has 0 bridgehead atoms. The number of rotatable bonds is 9. The molecule has 1 saturated heterocycles. The number of nitrogens with one attached hydrogen (secondary N) is 2. The van der Waals surface area contributed by atoms with Crippen LogP contribution in [0.2, 0.25) is 0 Å². The number of aromatic nitrogens is 1. The molecule has 1 fully saturated rings. The maximum atomic E-state index is 12.9. The summed E-state index contributed by atoms with van der Waals surface area (Å²) in [5.74, 6) is -0.667. The summed E-state index contributed by atoms with van der Waals surface area (Å²) in [4.78, 5) is 29.9. The highest BCUT2D eigenvalue weighted by molar-refractivity contribution is 7.07. The van der Waals surface area contributed by atoms with Crippen molar-refractivity contribution in [3.8, 4) is 12.1 Å². The zero-order valence-electron chi connectivity index (χ0n) is 20.4. The Bertz CT molecular complexity index is 1310. The normalized spacial score (nSPS) is 17.2. The van der Waals surface area contributed by atoms with Crippen molar-refractivity contribution in [2.24, 2.45) is 0 Å². The van der Waals surface area contributed by atoms with E-state index in [9.17, 15) is 14.9 Å². The van der Waals surface area contributed by atoms with E-state index in [-0.39, 0.29) is 22.3 Å². The first-order valence-electron chi connectivity index (χ1n) is 11.6. The highest BCUT2D eigenvalue weighted by Crippen LogP contribution is 2.16. The van der Waals surface area contributed by atoms with Gasteiger partial charge in [-0.15, -0.1) is 11.3 Å². The molecule has 2 aromatic rings. The van der Waals surface area contributed by atoms with Crippen molar-refractivity contribution in [3.05, 3.63) is 49.4 Å². The number of hydrogen-bond acceptors (Lipinski definition) is 8. The van der Waals surface area contributed by atoms with E-state index in [0.29, 0.717) is 17.1 Å². The lowest BCUT2D eigenvalue weighted by Crippen LogP contribution is -2.34. The number of amides is 1. The van der Waals surface area contributed by atoms with Gasteiger partial charge in [0.25, 0.3) is 11.5 Å². The molecule has 1 unspecified atom stereocenters. The lowest BCUT2D eigenvalue weighted by atomic mass is 10.1. The fourth-order valence-corrected chi connectivity index (χ4v) is 5.17. The number of benzene rings is 1. The van der Waals surface area contributed by atoms with E-state index in [2.05, 4.69) is 46.7 Å².